The molecule has 1 N–H and O–H groups in total. The Morgan fingerprint density at radius 2 is 2.00 bits per heavy atom. The molecule has 2 fully saturated rings. The van der Waals surface area contributed by atoms with Crippen molar-refractivity contribution in [2.24, 2.45) is 11.8 Å². The van der Waals surface area contributed by atoms with Crippen molar-refractivity contribution in [3.8, 4) is 0 Å². The van der Waals surface area contributed by atoms with Gasteiger partial charge in [-0.05, 0) is 49.5 Å². The Hall–Kier alpha value is -0.480. The zero-order valence-electron chi connectivity index (χ0n) is 12.5. The first-order chi connectivity index (χ1) is 10.1. The Morgan fingerprint density at radius 1 is 1.32 bits per heavy atom. The van der Waals surface area contributed by atoms with E-state index in [0.717, 1.165) is 31.5 Å². The van der Waals surface area contributed by atoms with E-state index in [4.69, 9.17) is 23.2 Å². The van der Waals surface area contributed by atoms with E-state index in [1.807, 2.05) is 17.0 Å². The monoisotopic (exact) mass is 362 g/mol. The molecule has 1 aliphatic carbocycles. The summed E-state index contributed by atoms with van der Waals surface area (Å²) in [4.78, 5) is 14.8. The lowest BCUT2D eigenvalue weighted by atomic mass is 9.88. The fourth-order valence-corrected chi connectivity index (χ4v) is 3.06. The van der Waals surface area contributed by atoms with E-state index in [9.17, 15) is 4.79 Å². The fraction of sp³-hybridized carbons (Fsp3) is 0.562. The number of nitrogens with zero attached hydrogens (tertiary/aromatic N) is 1. The van der Waals surface area contributed by atoms with Crippen LogP contribution in [0.3, 0.4) is 0 Å². The van der Waals surface area contributed by atoms with Crippen LogP contribution in [0.4, 0.5) is 0 Å². The van der Waals surface area contributed by atoms with Crippen molar-refractivity contribution in [2.45, 2.75) is 32.4 Å². The lowest BCUT2D eigenvalue weighted by Gasteiger charge is -2.35. The van der Waals surface area contributed by atoms with E-state index in [1.54, 1.807) is 6.07 Å². The van der Waals surface area contributed by atoms with Gasteiger partial charge in [-0.3, -0.25) is 4.79 Å². The lowest BCUT2D eigenvalue weighted by molar-refractivity contribution is -0.138. The van der Waals surface area contributed by atoms with Crippen molar-refractivity contribution in [2.75, 3.05) is 13.1 Å². The van der Waals surface area contributed by atoms with Crippen molar-refractivity contribution in [1.82, 2.24) is 10.2 Å². The predicted molar refractivity (Wildman–Crippen MR) is 92.8 cm³/mol. The van der Waals surface area contributed by atoms with Gasteiger partial charge in [-0.25, -0.2) is 0 Å². The minimum Gasteiger partial charge on any atom is -0.335 e. The lowest BCUT2D eigenvalue weighted by Crippen LogP contribution is -2.50. The summed E-state index contributed by atoms with van der Waals surface area (Å²) < 4.78 is 0. The predicted octanol–water partition coefficient (Wildman–Crippen LogP) is 3.76. The zero-order chi connectivity index (χ0) is 15.0. The number of rotatable bonds is 5. The standard InChI is InChI=1S/C16H20Cl2N2O.ClH/c1-10(12-7-19-8-12)16(21)20(13-3-4-13)9-11-2-5-14(17)15(18)6-11;/h2,5-6,10,12-13,19H,3-4,7-9H2,1H3;1H. The van der Waals surface area contributed by atoms with Crippen molar-refractivity contribution in [3.63, 3.8) is 0 Å². The van der Waals surface area contributed by atoms with Gasteiger partial charge in [-0.1, -0.05) is 36.2 Å². The SMILES string of the molecule is CC(C(=O)N(Cc1ccc(Cl)c(Cl)c1)C1CC1)C1CNC1.Cl. The van der Waals surface area contributed by atoms with Crippen LogP contribution in [0.15, 0.2) is 18.2 Å². The molecule has 22 heavy (non-hydrogen) atoms. The topological polar surface area (TPSA) is 32.3 Å². The average molecular weight is 364 g/mol. The number of hydrogen-bond donors (Lipinski definition) is 1. The first-order valence-corrected chi connectivity index (χ1v) is 8.27. The Morgan fingerprint density at radius 3 is 2.50 bits per heavy atom. The highest BCUT2D eigenvalue weighted by Gasteiger charge is 2.38. The molecule has 1 aromatic carbocycles. The molecule has 1 unspecified atom stereocenters. The molecular formula is C16H21Cl3N2O. The molecule has 1 aliphatic heterocycles. The summed E-state index contributed by atoms with van der Waals surface area (Å²) in [7, 11) is 0. The van der Waals surface area contributed by atoms with Crippen LogP contribution >= 0.6 is 35.6 Å². The molecule has 122 valence electrons. The Balaban J connectivity index is 0.00000176. The summed E-state index contributed by atoms with van der Waals surface area (Å²) in [6.07, 6.45) is 2.23. The van der Waals surface area contributed by atoms with Crippen LogP contribution in [-0.2, 0) is 11.3 Å². The highest BCUT2D eigenvalue weighted by atomic mass is 35.5. The van der Waals surface area contributed by atoms with Crippen molar-refractivity contribution in [1.29, 1.82) is 0 Å². The molecule has 3 nitrogen and oxygen atoms in total. The number of nitrogens with one attached hydrogen (secondary N) is 1. The van der Waals surface area contributed by atoms with Crippen molar-refractivity contribution in [3.05, 3.63) is 33.8 Å². The molecule has 2 aliphatic rings. The molecule has 0 spiro atoms. The molecule has 1 saturated heterocycles. The summed E-state index contributed by atoms with van der Waals surface area (Å²) in [5.74, 6) is 0.845. The van der Waals surface area contributed by atoms with Crippen LogP contribution in [0.2, 0.25) is 10.0 Å². The van der Waals surface area contributed by atoms with E-state index in [-0.39, 0.29) is 24.2 Å². The van der Waals surface area contributed by atoms with Crippen molar-refractivity contribution < 1.29 is 4.79 Å². The summed E-state index contributed by atoms with van der Waals surface area (Å²) >= 11 is 12.0. The minimum absolute atomic E-state index is 0. The first kappa shape index (κ1) is 17.9. The Kier molecular flexibility index (Phi) is 6.00. The van der Waals surface area contributed by atoms with Gasteiger partial charge in [0.15, 0.2) is 0 Å². The van der Waals surface area contributed by atoms with Crippen LogP contribution in [0.25, 0.3) is 0 Å². The van der Waals surface area contributed by atoms with Gasteiger partial charge in [0, 0.05) is 18.5 Å². The molecule has 1 aromatic rings. The number of amides is 1. The molecule has 1 atom stereocenters. The number of carbonyl (C=O) groups is 1. The Labute approximate surface area is 147 Å². The smallest absolute Gasteiger partial charge is 0.226 e. The van der Waals surface area contributed by atoms with E-state index in [0.29, 0.717) is 28.5 Å². The number of halogens is 3. The molecule has 0 aromatic heterocycles. The third kappa shape index (κ3) is 3.88. The summed E-state index contributed by atoms with van der Waals surface area (Å²) in [6, 6.07) is 6.02. The fourth-order valence-electron chi connectivity index (χ4n) is 2.74. The van der Waals surface area contributed by atoms with Crippen LogP contribution in [0.5, 0.6) is 0 Å². The second-order valence-corrected chi connectivity index (χ2v) is 6.97. The summed E-state index contributed by atoms with van der Waals surface area (Å²) in [5.41, 5.74) is 1.04. The summed E-state index contributed by atoms with van der Waals surface area (Å²) in [5, 5.41) is 4.35. The number of benzene rings is 1. The van der Waals surface area contributed by atoms with Gasteiger partial charge >= 0.3 is 0 Å². The number of carbonyl (C=O) groups excluding carboxylic acids is 1. The van der Waals surface area contributed by atoms with E-state index in [2.05, 4.69) is 12.2 Å². The zero-order valence-corrected chi connectivity index (χ0v) is 14.8. The molecule has 3 rings (SSSR count). The maximum atomic E-state index is 12.8. The maximum Gasteiger partial charge on any atom is 0.226 e. The van der Waals surface area contributed by atoms with Gasteiger partial charge in [-0.2, -0.15) is 0 Å². The molecule has 1 heterocycles. The highest BCUT2D eigenvalue weighted by molar-refractivity contribution is 6.42. The van der Waals surface area contributed by atoms with Crippen LogP contribution in [-0.4, -0.2) is 29.9 Å². The van der Waals surface area contributed by atoms with Gasteiger partial charge in [-0.15, -0.1) is 12.4 Å². The van der Waals surface area contributed by atoms with Gasteiger partial charge in [0.25, 0.3) is 0 Å². The van der Waals surface area contributed by atoms with Crippen LogP contribution < -0.4 is 5.32 Å². The second-order valence-electron chi connectivity index (χ2n) is 6.15. The van der Waals surface area contributed by atoms with E-state index < -0.39 is 0 Å². The second kappa shape index (κ2) is 7.39. The largest absolute Gasteiger partial charge is 0.335 e. The van der Waals surface area contributed by atoms with Gasteiger partial charge < -0.3 is 10.2 Å². The van der Waals surface area contributed by atoms with Crippen LogP contribution in [0.1, 0.15) is 25.3 Å². The molecule has 1 amide bonds. The molecule has 0 bridgehead atoms. The van der Waals surface area contributed by atoms with Crippen molar-refractivity contribution >= 4 is 41.5 Å². The third-order valence-electron chi connectivity index (χ3n) is 4.52. The normalized spacial score (nSPS) is 19.0. The molecule has 1 saturated carbocycles. The minimum atomic E-state index is 0. The first-order valence-electron chi connectivity index (χ1n) is 7.51. The highest BCUT2D eigenvalue weighted by Crippen LogP contribution is 2.32. The Bertz CT molecular complexity index is 544. The van der Waals surface area contributed by atoms with Gasteiger partial charge in [0.1, 0.15) is 0 Å². The van der Waals surface area contributed by atoms with E-state index >= 15 is 0 Å². The quantitative estimate of drug-likeness (QED) is 0.864. The summed E-state index contributed by atoms with van der Waals surface area (Å²) in [6.45, 7) is 4.60. The molecule has 6 heteroatoms. The van der Waals surface area contributed by atoms with E-state index in [1.165, 1.54) is 0 Å². The number of hydrogen-bond acceptors (Lipinski definition) is 2. The van der Waals surface area contributed by atoms with Crippen LogP contribution in [0, 0.1) is 11.8 Å². The molecular weight excluding hydrogens is 343 g/mol. The average Bonchev–Trinajstić information content (AvgIpc) is 3.21. The molecule has 0 radical (unpaired) electrons. The third-order valence-corrected chi connectivity index (χ3v) is 5.26. The van der Waals surface area contributed by atoms with Gasteiger partial charge in [0.05, 0.1) is 10.0 Å². The van der Waals surface area contributed by atoms with Gasteiger partial charge in [0.2, 0.25) is 5.91 Å². The maximum absolute atomic E-state index is 12.8.